The van der Waals surface area contributed by atoms with E-state index in [2.05, 4.69) is 42.8 Å². The van der Waals surface area contributed by atoms with Gasteiger partial charge in [0.25, 0.3) is 0 Å². The summed E-state index contributed by atoms with van der Waals surface area (Å²) in [7, 11) is 0. The molecule has 1 rings (SSSR count). The zero-order valence-electron chi connectivity index (χ0n) is 12.6. The van der Waals surface area contributed by atoms with Gasteiger partial charge in [0.1, 0.15) is 0 Å². The quantitative estimate of drug-likeness (QED) is 0.706. The third kappa shape index (κ3) is 4.84. The molecule has 1 aliphatic rings. The van der Waals surface area contributed by atoms with Gasteiger partial charge in [0.05, 0.1) is 12.1 Å². The van der Waals surface area contributed by atoms with Crippen LogP contribution in [-0.4, -0.2) is 72.4 Å². The van der Waals surface area contributed by atoms with Gasteiger partial charge in [-0.15, -0.1) is 0 Å². The maximum atomic E-state index is 9.58. The van der Waals surface area contributed by atoms with Crippen LogP contribution >= 0.6 is 0 Å². The summed E-state index contributed by atoms with van der Waals surface area (Å²) < 4.78 is 0. The van der Waals surface area contributed by atoms with Gasteiger partial charge in [0.15, 0.2) is 0 Å². The third-order valence-corrected chi connectivity index (χ3v) is 3.86. The first-order valence-corrected chi connectivity index (χ1v) is 7.33. The van der Waals surface area contributed by atoms with Gasteiger partial charge in [-0.05, 0) is 33.7 Å². The SMILES string of the molecule is CCCNC(C)(CO)CN1CCN(C(C)C)CC1. The molecule has 0 aromatic heterocycles. The molecule has 0 aromatic rings. The molecule has 1 saturated heterocycles. The Balaban J connectivity index is 2.38. The van der Waals surface area contributed by atoms with Crippen LogP contribution in [0.2, 0.25) is 0 Å². The Bertz CT molecular complexity index is 227. The highest BCUT2D eigenvalue weighted by molar-refractivity contribution is 4.88. The first-order valence-electron chi connectivity index (χ1n) is 7.33. The Morgan fingerprint density at radius 2 is 1.83 bits per heavy atom. The highest BCUT2D eigenvalue weighted by atomic mass is 16.3. The van der Waals surface area contributed by atoms with Gasteiger partial charge in [-0.2, -0.15) is 0 Å². The Kier molecular flexibility index (Phi) is 6.57. The van der Waals surface area contributed by atoms with Crippen molar-refractivity contribution in [1.82, 2.24) is 15.1 Å². The van der Waals surface area contributed by atoms with Crippen molar-refractivity contribution in [3.8, 4) is 0 Å². The first-order chi connectivity index (χ1) is 8.50. The minimum Gasteiger partial charge on any atom is -0.394 e. The molecule has 0 spiro atoms. The van der Waals surface area contributed by atoms with Gasteiger partial charge in [0.2, 0.25) is 0 Å². The predicted octanol–water partition coefficient (Wildman–Crippen LogP) is 0.763. The molecule has 2 N–H and O–H groups in total. The molecule has 18 heavy (non-hydrogen) atoms. The average Bonchev–Trinajstić information content (AvgIpc) is 2.37. The van der Waals surface area contributed by atoms with E-state index in [1.165, 1.54) is 0 Å². The fourth-order valence-electron chi connectivity index (χ4n) is 2.52. The topological polar surface area (TPSA) is 38.7 Å². The molecule has 0 saturated carbocycles. The van der Waals surface area contributed by atoms with Crippen molar-refractivity contribution >= 4 is 0 Å². The van der Waals surface area contributed by atoms with E-state index in [1.54, 1.807) is 0 Å². The normalized spacial score (nSPS) is 22.3. The number of aliphatic hydroxyl groups excluding tert-OH is 1. The fraction of sp³-hybridized carbons (Fsp3) is 1.00. The third-order valence-electron chi connectivity index (χ3n) is 3.86. The summed E-state index contributed by atoms with van der Waals surface area (Å²) >= 11 is 0. The number of hydrogen-bond acceptors (Lipinski definition) is 4. The van der Waals surface area contributed by atoms with Gasteiger partial charge >= 0.3 is 0 Å². The molecule has 1 fully saturated rings. The zero-order chi connectivity index (χ0) is 13.6. The minimum atomic E-state index is -0.157. The number of nitrogens with one attached hydrogen (secondary N) is 1. The van der Waals surface area contributed by atoms with Crippen molar-refractivity contribution in [2.24, 2.45) is 0 Å². The molecular formula is C14H31N3O. The number of hydrogen-bond donors (Lipinski definition) is 2. The van der Waals surface area contributed by atoms with E-state index in [1.807, 2.05) is 0 Å². The maximum Gasteiger partial charge on any atom is 0.0623 e. The number of nitrogens with zero attached hydrogens (tertiary/aromatic N) is 2. The molecular weight excluding hydrogens is 226 g/mol. The molecule has 0 bridgehead atoms. The fourth-order valence-corrected chi connectivity index (χ4v) is 2.52. The Morgan fingerprint density at radius 3 is 2.28 bits per heavy atom. The molecule has 1 unspecified atom stereocenters. The summed E-state index contributed by atoms with van der Waals surface area (Å²) in [6.07, 6.45) is 1.11. The summed E-state index contributed by atoms with van der Waals surface area (Å²) in [5, 5.41) is 13.1. The van der Waals surface area contributed by atoms with Crippen LogP contribution in [0.25, 0.3) is 0 Å². The molecule has 0 aromatic carbocycles. The van der Waals surface area contributed by atoms with E-state index in [9.17, 15) is 5.11 Å². The molecule has 0 aliphatic carbocycles. The van der Waals surface area contributed by atoms with Crippen LogP contribution in [0.5, 0.6) is 0 Å². The summed E-state index contributed by atoms with van der Waals surface area (Å²) in [4.78, 5) is 4.99. The second-order valence-corrected chi connectivity index (χ2v) is 6.05. The van der Waals surface area contributed by atoms with E-state index in [-0.39, 0.29) is 12.1 Å². The average molecular weight is 257 g/mol. The van der Waals surface area contributed by atoms with Gasteiger partial charge < -0.3 is 10.4 Å². The van der Waals surface area contributed by atoms with Crippen LogP contribution in [-0.2, 0) is 0 Å². The van der Waals surface area contributed by atoms with Crippen molar-refractivity contribution in [1.29, 1.82) is 0 Å². The molecule has 4 nitrogen and oxygen atoms in total. The van der Waals surface area contributed by atoms with Crippen LogP contribution in [0.4, 0.5) is 0 Å². The second-order valence-electron chi connectivity index (χ2n) is 6.05. The summed E-state index contributed by atoms with van der Waals surface area (Å²) in [6.45, 7) is 15.4. The standard InChI is InChI=1S/C14H31N3O/c1-5-6-15-14(4,12-18)11-16-7-9-17(10-8-16)13(2)3/h13,15,18H,5-12H2,1-4H3. The van der Waals surface area contributed by atoms with Crippen LogP contribution in [0.3, 0.4) is 0 Å². The lowest BCUT2D eigenvalue weighted by Crippen LogP contribution is -2.58. The molecule has 0 radical (unpaired) electrons. The Labute approximate surface area is 112 Å². The summed E-state index contributed by atoms with van der Waals surface area (Å²) in [5.74, 6) is 0. The molecule has 1 aliphatic heterocycles. The van der Waals surface area contributed by atoms with Crippen LogP contribution in [0.1, 0.15) is 34.1 Å². The van der Waals surface area contributed by atoms with Crippen molar-refractivity contribution in [2.45, 2.75) is 45.7 Å². The smallest absolute Gasteiger partial charge is 0.0623 e. The number of rotatable bonds is 7. The Morgan fingerprint density at radius 1 is 1.22 bits per heavy atom. The van der Waals surface area contributed by atoms with Crippen molar-refractivity contribution < 1.29 is 5.11 Å². The van der Waals surface area contributed by atoms with Crippen LogP contribution in [0.15, 0.2) is 0 Å². The number of piperazine rings is 1. The monoisotopic (exact) mass is 257 g/mol. The molecule has 1 heterocycles. The minimum absolute atomic E-state index is 0.157. The lowest BCUT2D eigenvalue weighted by Gasteiger charge is -2.41. The first kappa shape index (κ1) is 15.9. The van der Waals surface area contributed by atoms with Crippen molar-refractivity contribution in [3.05, 3.63) is 0 Å². The molecule has 4 heteroatoms. The molecule has 108 valence electrons. The molecule has 1 atom stereocenters. The highest BCUT2D eigenvalue weighted by Gasteiger charge is 2.28. The molecule has 0 amide bonds. The van der Waals surface area contributed by atoms with Crippen LogP contribution < -0.4 is 5.32 Å². The zero-order valence-corrected chi connectivity index (χ0v) is 12.6. The van der Waals surface area contributed by atoms with Gasteiger partial charge in [-0.1, -0.05) is 6.92 Å². The largest absolute Gasteiger partial charge is 0.394 e. The van der Waals surface area contributed by atoms with E-state index >= 15 is 0 Å². The van der Waals surface area contributed by atoms with E-state index < -0.39 is 0 Å². The summed E-state index contributed by atoms with van der Waals surface area (Å²) in [6, 6.07) is 0.648. The van der Waals surface area contributed by atoms with E-state index in [0.29, 0.717) is 6.04 Å². The Hall–Kier alpha value is -0.160. The van der Waals surface area contributed by atoms with Gasteiger partial charge in [-0.25, -0.2) is 0 Å². The second kappa shape index (κ2) is 7.43. The van der Waals surface area contributed by atoms with Gasteiger partial charge in [0, 0.05) is 38.8 Å². The van der Waals surface area contributed by atoms with E-state index in [0.717, 1.165) is 45.7 Å². The van der Waals surface area contributed by atoms with Crippen molar-refractivity contribution in [2.75, 3.05) is 45.9 Å². The maximum absolute atomic E-state index is 9.58. The highest BCUT2D eigenvalue weighted by Crippen LogP contribution is 2.11. The van der Waals surface area contributed by atoms with Crippen molar-refractivity contribution in [3.63, 3.8) is 0 Å². The number of aliphatic hydroxyl groups is 1. The predicted molar refractivity (Wildman–Crippen MR) is 76.9 cm³/mol. The van der Waals surface area contributed by atoms with Gasteiger partial charge in [-0.3, -0.25) is 9.80 Å². The summed E-state index contributed by atoms with van der Waals surface area (Å²) in [5.41, 5.74) is -0.157. The lowest BCUT2D eigenvalue weighted by atomic mass is 10.0. The lowest BCUT2D eigenvalue weighted by molar-refractivity contribution is 0.0674. The van der Waals surface area contributed by atoms with E-state index in [4.69, 9.17) is 0 Å². The van der Waals surface area contributed by atoms with Crippen LogP contribution in [0, 0.1) is 0 Å².